The van der Waals surface area contributed by atoms with Crippen LogP contribution < -0.4 is 0 Å². The Bertz CT molecular complexity index is 876. The van der Waals surface area contributed by atoms with E-state index >= 15 is 0 Å². The normalized spacial score (nSPS) is 55.8. The first-order valence-corrected chi connectivity index (χ1v) is 13.9. The van der Waals surface area contributed by atoms with E-state index in [9.17, 15) is 14.7 Å². The molecule has 0 spiro atoms. The number of aliphatic hydroxyl groups is 1. The van der Waals surface area contributed by atoms with Crippen LogP contribution in [0.5, 0.6) is 0 Å². The van der Waals surface area contributed by atoms with Crippen molar-refractivity contribution >= 4 is 11.6 Å². The van der Waals surface area contributed by atoms with Crippen LogP contribution in [0.3, 0.4) is 0 Å². The van der Waals surface area contributed by atoms with Crippen molar-refractivity contribution in [2.24, 2.45) is 56.2 Å². The standard InChI is InChI=1S/C30H48O3/c1-19-20(32)8-9-21-27(19,5)11-10-22-28(21,6)13-14-29(7)23-16-25(2,3)24(33)17-26(23,4)12-15-30(22,29)18-31/h19,21-23,31H,8-18H2,1-7H3. The van der Waals surface area contributed by atoms with Gasteiger partial charge in [0.25, 0.3) is 0 Å². The van der Waals surface area contributed by atoms with Crippen LogP contribution in [0, 0.1) is 56.2 Å². The Hall–Kier alpha value is -0.700. The molecule has 186 valence electrons. The van der Waals surface area contributed by atoms with Gasteiger partial charge in [0.05, 0.1) is 0 Å². The molecule has 3 heteroatoms. The van der Waals surface area contributed by atoms with Crippen LogP contribution in [-0.4, -0.2) is 23.3 Å². The van der Waals surface area contributed by atoms with E-state index < -0.39 is 0 Å². The molecule has 0 aromatic carbocycles. The molecule has 0 bridgehead atoms. The summed E-state index contributed by atoms with van der Waals surface area (Å²) in [5.74, 6) is 2.64. The number of aliphatic hydroxyl groups excluding tert-OH is 1. The zero-order valence-electron chi connectivity index (χ0n) is 22.4. The number of rotatable bonds is 1. The molecule has 33 heavy (non-hydrogen) atoms. The van der Waals surface area contributed by atoms with E-state index in [0.29, 0.717) is 35.7 Å². The largest absolute Gasteiger partial charge is 0.396 e. The van der Waals surface area contributed by atoms with E-state index in [2.05, 4.69) is 48.5 Å². The molecule has 5 aliphatic carbocycles. The highest BCUT2D eigenvalue weighted by Crippen LogP contribution is 2.78. The Labute approximate surface area is 201 Å². The van der Waals surface area contributed by atoms with Crippen LogP contribution in [0.4, 0.5) is 0 Å². The third kappa shape index (κ3) is 2.78. The summed E-state index contributed by atoms with van der Waals surface area (Å²) in [5, 5.41) is 11.3. The first-order chi connectivity index (χ1) is 15.2. The molecule has 9 unspecified atom stereocenters. The van der Waals surface area contributed by atoms with Crippen LogP contribution in [0.15, 0.2) is 0 Å². The summed E-state index contributed by atoms with van der Waals surface area (Å²) in [6, 6.07) is 0. The fraction of sp³-hybridized carbons (Fsp3) is 0.933. The molecular weight excluding hydrogens is 408 g/mol. The second-order valence-electron chi connectivity index (χ2n) is 15.0. The van der Waals surface area contributed by atoms with Crippen LogP contribution in [-0.2, 0) is 9.59 Å². The van der Waals surface area contributed by atoms with E-state index in [1.807, 2.05) is 0 Å². The van der Waals surface area contributed by atoms with Crippen LogP contribution in [0.25, 0.3) is 0 Å². The number of Topliss-reactive ketones (excluding diaryl/α,β-unsaturated/α-hetero) is 2. The fourth-order valence-electron chi connectivity index (χ4n) is 11.2. The molecule has 0 radical (unpaired) electrons. The lowest BCUT2D eigenvalue weighted by Crippen LogP contribution is -2.70. The van der Waals surface area contributed by atoms with Crippen molar-refractivity contribution in [2.45, 2.75) is 113 Å². The van der Waals surface area contributed by atoms with Crippen molar-refractivity contribution < 1.29 is 14.7 Å². The van der Waals surface area contributed by atoms with E-state index in [1.54, 1.807) is 0 Å². The summed E-state index contributed by atoms with van der Waals surface area (Å²) in [7, 11) is 0. The molecule has 0 heterocycles. The number of carbonyl (C=O) groups excluding carboxylic acids is 2. The monoisotopic (exact) mass is 456 g/mol. The molecular formula is C30H48O3. The van der Waals surface area contributed by atoms with Gasteiger partial charge in [-0.05, 0) is 90.8 Å². The van der Waals surface area contributed by atoms with Gasteiger partial charge >= 0.3 is 0 Å². The lowest BCUT2D eigenvalue weighted by Gasteiger charge is -2.75. The number of hydrogen-bond donors (Lipinski definition) is 1. The maximum atomic E-state index is 13.0. The van der Waals surface area contributed by atoms with Crippen molar-refractivity contribution in [2.75, 3.05) is 6.61 Å². The molecule has 0 aromatic heterocycles. The number of ketones is 2. The SMILES string of the molecule is CC1C(=O)CCC2C1(C)CCC1C2(C)CCC2(C)C3CC(C)(C)C(=O)CC3(C)CCC12CO. The molecule has 5 rings (SSSR count). The number of carbonyl (C=O) groups is 2. The van der Waals surface area contributed by atoms with Crippen molar-refractivity contribution in [3.63, 3.8) is 0 Å². The molecule has 1 N–H and O–H groups in total. The van der Waals surface area contributed by atoms with Gasteiger partial charge in [-0.25, -0.2) is 0 Å². The topological polar surface area (TPSA) is 54.4 Å². The van der Waals surface area contributed by atoms with Gasteiger partial charge in [-0.15, -0.1) is 0 Å². The summed E-state index contributed by atoms with van der Waals surface area (Å²) in [6.45, 7) is 16.6. The summed E-state index contributed by atoms with van der Waals surface area (Å²) in [6.07, 6.45) is 10.2. The smallest absolute Gasteiger partial charge is 0.139 e. The molecule has 3 nitrogen and oxygen atoms in total. The van der Waals surface area contributed by atoms with Gasteiger partial charge in [0, 0.05) is 36.2 Å². The molecule has 5 saturated carbocycles. The van der Waals surface area contributed by atoms with Gasteiger partial charge in [0.1, 0.15) is 11.6 Å². The summed E-state index contributed by atoms with van der Waals surface area (Å²) < 4.78 is 0. The second-order valence-corrected chi connectivity index (χ2v) is 15.0. The number of fused-ring (bicyclic) bond motifs is 7. The second kappa shape index (κ2) is 6.95. The maximum Gasteiger partial charge on any atom is 0.139 e. The first-order valence-electron chi connectivity index (χ1n) is 13.9. The average molecular weight is 457 g/mol. The van der Waals surface area contributed by atoms with Gasteiger partial charge in [-0.3, -0.25) is 9.59 Å². The van der Waals surface area contributed by atoms with Crippen molar-refractivity contribution in [3.8, 4) is 0 Å². The van der Waals surface area contributed by atoms with Gasteiger partial charge in [-0.1, -0.05) is 48.5 Å². The Morgan fingerprint density at radius 3 is 2.18 bits per heavy atom. The number of hydrogen-bond acceptors (Lipinski definition) is 3. The molecule has 0 aliphatic heterocycles. The molecule has 9 atom stereocenters. The van der Waals surface area contributed by atoms with Gasteiger partial charge in [0.15, 0.2) is 0 Å². The fourth-order valence-corrected chi connectivity index (χ4v) is 11.2. The summed E-state index contributed by atoms with van der Waals surface area (Å²) in [4.78, 5) is 25.8. The predicted octanol–water partition coefficient (Wildman–Crippen LogP) is 6.61. The zero-order chi connectivity index (χ0) is 24.2. The van der Waals surface area contributed by atoms with E-state index in [4.69, 9.17) is 0 Å². The van der Waals surface area contributed by atoms with Crippen molar-refractivity contribution in [1.82, 2.24) is 0 Å². The van der Waals surface area contributed by atoms with Crippen LogP contribution >= 0.6 is 0 Å². The Balaban J connectivity index is 1.58. The van der Waals surface area contributed by atoms with Gasteiger partial charge in [0.2, 0.25) is 0 Å². The van der Waals surface area contributed by atoms with Crippen LogP contribution in [0.1, 0.15) is 113 Å². The van der Waals surface area contributed by atoms with E-state index in [1.165, 1.54) is 6.42 Å². The van der Waals surface area contributed by atoms with Crippen molar-refractivity contribution in [1.29, 1.82) is 0 Å². The van der Waals surface area contributed by atoms with E-state index in [0.717, 1.165) is 51.4 Å². The summed E-state index contributed by atoms with van der Waals surface area (Å²) >= 11 is 0. The average Bonchev–Trinajstić information content (AvgIpc) is 2.74. The van der Waals surface area contributed by atoms with Crippen molar-refractivity contribution in [3.05, 3.63) is 0 Å². The Morgan fingerprint density at radius 2 is 1.52 bits per heavy atom. The molecule has 0 amide bonds. The van der Waals surface area contributed by atoms with E-state index in [-0.39, 0.29) is 45.0 Å². The Kier molecular flexibility index (Phi) is 5.06. The highest BCUT2D eigenvalue weighted by atomic mass is 16.3. The lowest BCUT2D eigenvalue weighted by molar-refractivity contribution is -0.270. The van der Waals surface area contributed by atoms with Gasteiger partial charge in [-0.2, -0.15) is 0 Å². The molecule has 5 aliphatic rings. The third-order valence-corrected chi connectivity index (χ3v) is 13.6. The Morgan fingerprint density at radius 1 is 0.818 bits per heavy atom. The van der Waals surface area contributed by atoms with Crippen LogP contribution in [0.2, 0.25) is 0 Å². The molecule has 0 aromatic rings. The maximum absolute atomic E-state index is 13.0. The minimum atomic E-state index is -0.253. The molecule has 0 saturated heterocycles. The lowest BCUT2D eigenvalue weighted by atomic mass is 9.30. The van der Waals surface area contributed by atoms with Gasteiger partial charge < -0.3 is 5.11 Å². The minimum Gasteiger partial charge on any atom is -0.396 e. The first kappa shape index (κ1) is 24.0. The minimum absolute atomic E-state index is 0.0628. The molecule has 5 fully saturated rings. The predicted molar refractivity (Wildman–Crippen MR) is 132 cm³/mol. The highest BCUT2D eigenvalue weighted by Gasteiger charge is 2.72. The quantitative estimate of drug-likeness (QED) is 0.483. The summed E-state index contributed by atoms with van der Waals surface area (Å²) in [5.41, 5.74) is 0.123. The third-order valence-electron chi connectivity index (χ3n) is 13.6. The highest BCUT2D eigenvalue weighted by molar-refractivity contribution is 5.85. The zero-order valence-corrected chi connectivity index (χ0v) is 22.4.